The fraction of sp³-hybridized carbons (Fsp3) is 0.667. The minimum Gasteiger partial charge on any atom is -0.480 e. The molecular formula is C9H15N3O4. The number of hydrogen-bond donors (Lipinski definition) is 2. The summed E-state index contributed by atoms with van der Waals surface area (Å²) in [7, 11) is 1.59. The molecule has 0 radical (unpaired) electrons. The van der Waals surface area contributed by atoms with Crippen molar-refractivity contribution >= 4 is 17.9 Å². The largest absolute Gasteiger partial charge is 0.480 e. The van der Waals surface area contributed by atoms with E-state index in [1.165, 1.54) is 4.90 Å². The zero-order valence-corrected chi connectivity index (χ0v) is 9.05. The molecule has 1 fully saturated rings. The van der Waals surface area contributed by atoms with Gasteiger partial charge < -0.3 is 20.6 Å². The Morgan fingerprint density at radius 3 is 2.25 bits per heavy atom. The van der Waals surface area contributed by atoms with Crippen molar-refractivity contribution in [2.75, 3.05) is 20.1 Å². The fourth-order valence-electron chi connectivity index (χ4n) is 1.38. The number of nitrogens with two attached hydrogens (primary N) is 1. The van der Waals surface area contributed by atoms with Crippen LogP contribution in [0.4, 0.5) is 4.79 Å². The molecule has 0 heterocycles. The number of hydrogen-bond acceptors (Lipinski definition) is 3. The Kier molecular flexibility index (Phi) is 3.70. The van der Waals surface area contributed by atoms with Gasteiger partial charge in [0.05, 0.1) is 0 Å². The first-order chi connectivity index (χ1) is 7.41. The van der Waals surface area contributed by atoms with E-state index in [9.17, 15) is 14.4 Å². The molecule has 3 N–H and O–H groups in total. The van der Waals surface area contributed by atoms with Gasteiger partial charge in [-0.25, -0.2) is 4.79 Å². The second-order valence-corrected chi connectivity index (χ2v) is 3.84. The van der Waals surface area contributed by atoms with Gasteiger partial charge in [0, 0.05) is 13.1 Å². The number of amides is 3. The van der Waals surface area contributed by atoms with E-state index in [2.05, 4.69) is 0 Å². The van der Waals surface area contributed by atoms with Crippen molar-refractivity contribution in [3.05, 3.63) is 0 Å². The Labute approximate surface area is 92.8 Å². The lowest BCUT2D eigenvalue weighted by Crippen LogP contribution is -2.47. The van der Waals surface area contributed by atoms with E-state index in [0.717, 1.165) is 17.7 Å². The summed E-state index contributed by atoms with van der Waals surface area (Å²) >= 11 is 0. The maximum absolute atomic E-state index is 11.8. The Bertz CT molecular complexity index is 298. The molecule has 1 aliphatic carbocycles. The van der Waals surface area contributed by atoms with Crippen LogP contribution in [0, 0.1) is 0 Å². The number of urea groups is 1. The molecule has 16 heavy (non-hydrogen) atoms. The number of carboxylic acid groups (broad SMARTS) is 1. The third-order valence-electron chi connectivity index (χ3n) is 2.34. The summed E-state index contributed by atoms with van der Waals surface area (Å²) in [5, 5.41) is 8.62. The summed E-state index contributed by atoms with van der Waals surface area (Å²) < 4.78 is 0. The normalized spacial score (nSPS) is 14.3. The maximum Gasteiger partial charge on any atom is 0.323 e. The van der Waals surface area contributed by atoms with E-state index in [1.54, 1.807) is 7.05 Å². The van der Waals surface area contributed by atoms with Crippen LogP contribution in [0.3, 0.4) is 0 Å². The summed E-state index contributed by atoms with van der Waals surface area (Å²) in [4.78, 5) is 35.4. The van der Waals surface area contributed by atoms with Crippen LogP contribution in [0.2, 0.25) is 0 Å². The molecule has 1 aliphatic rings. The molecule has 7 heteroatoms. The van der Waals surface area contributed by atoms with Crippen molar-refractivity contribution in [3.63, 3.8) is 0 Å². The monoisotopic (exact) mass is 229 g/mol. The minimum atomic E-state index is -1.17. The highest BCUT2D eigenvalue weighted by Gasteiger charge is 2.33. The maximum atomic E-state index is 11.8. The average Bonchev–Trinajstić information content (AvgIpc) is 2.96. The summed E-state index contributed by atoms with van der Waals surface area (Å²) in [5.41, 5.74) is 4.95. The smallest absolute Gasteiger partial charge is 0.323 e. The van der Waals surface area contributed by atoms with E-state index < -0.39 is 24.5 Å². The molecule has 0 aromatic heterocycles. The number of primary amides is 1. The lowest BCUT2D eigenvalue weighted by atomic mass is 10.4. The van der Waals surface area contributed by atoms with Gasteiger partial charge in [0.2, 0.25) is 5.91 Å². The number of rotatable bonds is 5. The third-order valence-corrected chi connectivity index (χ3v) is 2.34. The predicted octanol–water partition coefficient (Wildman–Crippen LogP) is -0.927. The van der Waals surface area contributed by atoms with E-state index in [4.69, 9.17) is 10.8 Å². The van der Waals surface area contributed by atoms with Crippen LogP contribution >= 0.6 is 0 Å². The number of nitrogens with zero attached hydrogens (tertiary/aromatic N) is 2. The Morgan fingerprint density at radius 2 is 1.88 bits per heavy atom. The highest BCUT2D eigenvalue weighted by molar-refractivity contribution is 5.86. The Hall–Kier alpha value is -1.79. The molecule has 0 spiro atoms. The summed E-state index contributed by atoms with van der Waals surface area (Å²) in [6.45, 7) is -0.888. The molecule has 90 valence electrons. The fourth-order valence-corrected chi connectivity index (χ4v) is 1.38. The van der Waals surface area contributed by atoms with E-state index in [0.29, 0.717) is 0 Å². The highest BCUT2D eigenvalue weighted by Crippen LogP contribution is 2.26. The molecule has 1 rings (SSSR count). The van der Waals surface area contributed by atoms with Gasteiger partial charge in [0.25, 0.3) is 0 Å². The van der Waals surface area contributed by atoms with Crippen molar-refractivity contribution in [2.24, 2.45) is 5.73 Å². The number of carbonyl (C=O) groups excluding carboxylic acids is 2. The van der Waals surface area contributed by atoms with Crippen molar-refractivity contribution in [1.29, 1.82) is 0 Å². The van der Waals surface area contributed by atoms with E-state index >= 15 is 0 Å². The average molecular weight is 229 g/mol. The summed E-state index contributed by atoms with van der Waals surface area (Å²) in [6.07, 6.45) is 1.83. The molecule has 0 aliphatic heterocycles. The van der Waals surface area contributed by atoms with Crippen molar-refractivity contribution < 1.29 is 19.5 Å². The first kappa shape index (κ1) is 12.3. The standard InChI is InChI=1S/C9H15N3O4/c1-11(6-2-3-6)9(16)12(4-7(10)13)5-8(14)15/h6H,2-5H2,1H3,(H2,10,13)(H,14,15). The van der Waals surface area contributed by atoms with Gasteiger partial charge in [-0.1, -0.05) is 0 Å². The molecule has 0 bridgehead atoms. The van der Waals surface area contributed by atoms with Gasteiger partial charge in [0.15, 0.2) is 0 Å². The topological polar surface area (TPSA) is 104 Å². The van der Waals surface area contributed by atoms with Gasteiger partial charge in [-0.05, 0) is 12.8 Å². The van der Waals surface area contributed by atoms with E-state index in [1.807, 2.05) is 0 Å². The summed E-state index contributed by atoms with van der Waals surface area (Å²) in [6, 6.07) is -0.305. The number of carboxylic acids is 1. The highest BCUT2D eigenvalue weighted by atomic mass is 16.4. The van der Waals surface area contributed by atoms with Crippen LogP contribution in [-0.2, 0) is 9.59 Å². The molecule has 1 saturated carbocycles. The van der Waals surface area contributed by atoms with Gasteiger partial charge in [-0.3, -0.25) is 9.59 Å². The quantitative estimate of drug-likeness (QED) is 0.635. The molecule has 3 amide bonds. The SMILES string of the molecule is CN(C(=O)N(CC(N)=O)CC(=O)O)C1CC1. The van der Waals surface area contributed by atoms with E-state index in [-0.39, 0.29) is 12.6 Å². The zero-order valence-electron chi connectivity index (χ0n) is 9.05. The predicted molar refractivity (Wildman–Crippen MR) is 54.6 cm³/mol. The second-order valence-electron chi connectivity index (χ2n) is 3.84. The van der Waals surface area contributed by atoms with Gasteiger partial charge in [-0.2, -0.15) is 0 Å². The Morgan fingerprint density at radius 1 is 1.31 bits per heavy atom. The molecular weight excluding hydrogens is 214 g/mol. The molecule has 7 nitrogen and oxygen atoms in total. The number of aliphatic carboxylic acids is 1. The number of carbonyl (C=O) groups is 3. The molecule has 0 aromatic rings. The first-order valence-electron chi connectivity index (χ1n) is 4.93. The lowest BCUT2D eigenvalue weighted by Gasteiger charge is -2.25. The second kappa shape index (κ2) is 4.82. The summed E-state index contributed by atoms with van der Waals surface area (Å²) in [5.74, 6) is -1.89. The van der Waals surface area contributed by atoms with Crippen molar-refractivity contribution in [2.45, 2.75) is 18.9 Å². The molecule has 0 atom stereocenters. The van der Waals surface area contributed by atoms with Crippen molar-refractivity contribution in [3.8, 4) is 0 Å². The van der Waals surface area contributed by atoms with Gasteiger partial charge in [0.1, 0.15) is 13.1 Å². The minimum absolute atomic E-state index is 0.164. The van der Waals surface area contributed by atoms with Crippen molar-refractivity contribution in [1.82, 2.24) is 9.80 Å². The molecule has 0 saturated heterocycles. The van der Waals surface area contributed by atoms with Crippen LogP contribution in [0.5, 0.6) is 0 Å². The first-order valence-corrected chi connectivity index (χ1v) is 4.93. The third kappa shape index (κ3) is 3.41. The van der Waals surface area contributed by atoms with Gasteiger partial charge >= 0.3 is 12.0 Å². The zero-order chi connectivity index (χ0) is 12.3. The van der Waals surface area contributed by atoms with Crippen LogP contribution < -0.4 is 5.73 Å². The van der Waals surface area contributed by atoms with Crippen LogP contribution in [0.1, 0.15) is 12.8 Å². The molecule has 0 unspecified atom stereocenters. The Balaban J connectivity index is 2.61. The molecule has 0 aromatic carbocycles. The van der Waals surface area contributed by atoms with Gasteiger partial charge in [-0.15, -0.1) is 0 Å². The lowest BCUT2D eigenvalue weighted by molar-refractivity contribution is -0.138. The van der Waals surface area contributed by atoms with Crippen LogP contribution in [0.25, 0.3) is 0 Å². The van der Waals surface area contributed by atoms with Crippen LogP contribution in [-0.4, -0.2) is 59.0 Å². The van der Waals surface area contributed by atoms with Crippen LogP contribution in [0.15, 0.2) is 0 Å².